The van der Waals surface area contributed by atoms with Crippen LogP contribution in [0.4, 0.5) is 0 Å². The molecule has 1 N–H and O–H groups in total. The molecule has 0 fully saturated rings. The number of aromatic amines is 1. The summed E-state index contributed by atoms with van der Waals surface area (Å²) in [5, 5.41) is 3.45. The van der Waals surface area contributed by atoms with Crippen LogP contribution in [0.3, 0.4) is 0 Å². The molecule has 7 heteroatoms. The number of para-hydroxylation sites is 1. The number of halogens is 1. The molecule has 0 unspecified atom stereocenters. The zero-order valence-corrected chi connectivity index (χ0v) is 12.5. The van der Waals surface area contributed by atoms with Crippen molar-refractivity contribution in [2.45, 2.75) is 13.8 Å². The number of rotatable bonds is 2. The number of nitrogens with one attached hydrogen (secondary N) is 1. The number of benzene rings is 1. The number of nitrogens with zero attached hydrogens (tertiary/aromatic N) is 2. The maximum absolute atomic E-state index is 12.2. The Balaban J connectivity index is 0.00000147. The Bertz CT molecular complexity index is 814. The van der Waals surface area contributed by atoms with Gasteiger partial charge in [0.15, 0.2) is 5.78 Å². The molecular formula is C13H12ClN3O2S. The Morgan fingerprint density at radius 2 is 2.05 bits per heavy atom. The summed E-state index contributed by atoms with van der Waals surface area (Å²) in [6.45, 7) is 3.10. The average molecular weight is 310 g/mol. The van der Waals surface area contributed by atoms with Crippen LogP contribution in [-0.2, 0) is 0 Å². The van der Waals surface area contributed by atoms with Crippen LogP contribution in [0.15, 0.2) is 29.1 Å². The SMILES string of the molecule is CC(=O)c1c(C)[nH]n(-c2nc3ccccc3s2)c1=O.Cl. The Kier molecular flexibility index (Phi) is 3.78. The van der Waals surface area contributed by atoms with Gasteiger partial charge in [0.05, 0.1) is 10.2 Å². The van der Waals surface area contributed by atoms with E-state index in [0.29, 0.717) is 10.8 Å². The van der Waals surface area contributed by atoms with Gasteiger partial charge < -0.3 is 0 Å². The number of aryl methyl sites for hydroxylation is 1. The molecule has 0 amide bonds. The van der Waals surface area contributed by atoms with E-state index in [-0.39, 0.29) is 29.3 Å². The Morgan fingerprint density at radius 1 is 1.35 bits per heavy atom. The third kappa shape index (κ3) is 2.17. The summed E-state index contributed by atoms with van der Waals surface area (Å²) in [4.78, 5) is 28.0. The largest absolute Gasteiger partial charge is 0.294 e. The van der Waals surface area contributed by atoms with Crippen molar-refractivity contribution in [2.75, 3.05) is 0 Å². The molecule has 2 aromatic heterocycles. The number of H-pyrrole nitrogens is 1. The van der Waals surface area contributed by atoms with Crippen LogP contribution in [0, 0.1) is 6.92 Å². The van der Waals surface area contributed by atoms with Crippen LogP contribution in [0.25, 0.3) is 15.3 Å². The molecule has 1 aromatic carbocycles. The number of thiazole rings is 1. The summed E-state index contributed by atoms with van der Waals surface area (Å²) >= 11 is 1.41. The van der Waals surface area contributed by atoms with Gasteiger partial charge in [0.1, 0.15) is 5.56 Å². The molecule has 5 nitrogen and oxygen atoms in total. The van der Waals surface area contributed by atoms with E-state index in [9.17, 15) is 9.59 Å². The van der Waals surface area contributed by atoms with Crippen LogP contribution >= 0.6 is 23.7 Å². The van der Waals surface area contributed by atoms with Crippen molar-refractivity contribution in [2.24, 2.45) is 0 Å². The van der Waals surface area contributed by atoms with Crippen molar-refractivity contribution in [3.05, 3.63) is 45.9 Å². The van der Waals surface area contributed by atoms with E-state index in [1.165, 1.54) is 22.9 Å². The molecule has 3 aromatic rings. The lowest BCUT2D eigenvalue weighted by Crippen LogP contribution is -2.19. The number of aromatic nitrogens is 3. The van der Waals surface area contributed by atoms with Gasteiger partial charge in [0, 0.05) is 5.69 Å². The smallest absolute Gasteiger partial charge is 0.284 e. The summed E-state index contributed by atoms with van der Waals surface area (Å²) in [6, 6.07) is 7.66. The fourth-order valence-corrected chi connectivity index (χ4v) is 2.98. The fourth-order valence-electron chi connectivity index (χ4n) is 2.05. The second-order valence-corrected chi connectivity index (χ2v) is 5.28. The quantitative estimate of drug-likeness (QED) is 0.740. The number of fused-ring (bicyclic) bond motifs is 1. The molecule has 3 rings (SSSR count). The highest BCUT2D eigenvalue weighted by Gasteiger charge is 2.17. The zero-order chi connectivity index (χ0) is 13.6. The molecule has 2 heterocycles. The molecule has 0 aliphatic rings. The van der Waals surface area contributed by atoms with E-state index in [0.717, 1.165) is 10.2 Å². The molecule has 0 aliphatic heterocycles. The van der Waals surface area contributed by atoms with Crippen molar-refractivity contribution in [3.8, 4) is 5.13 Å². The molecule has 0 bridgehead atoms. The minimum absolute atomic E-state index is 0. The Morgan fingerprint density at radius 3 is 2.65 bits per heavy atom. The Hall–Kier alpha value is -1.92. The van der Waals surface area contributed by atoms with Crippen molar-refractivity contribution < 1.29 is 4.79 Å². The minimum Gasteiger partial charge on any atom is -0.294 e. The monoisotopic (exact) mass is 309 g/mol. The number of ketones is 1. The van der Waals surface area contributed by atoms with Gasteiger partial charge >= 0.3 is 0 Å². The standard InChI is InChI=1S/C13H11N3O2S.ClH/c1-7-11(8(2)17)12(18)16(15-7)13-14-9-5-3-4-6-10(9)19-13;/h3-6,15H,1-2H3;1H. The van der Waals surface area contributed by atoms with Gasteiger partial charge in [0.25, 0.3) is 5.56 Å². The fraction of sp³-hybridized carbons (Fsp3) is 0.154. The van der Waals surface area contributed by atoms with E-state index < -0.39 is 0 Å². The molecule has 0 atom stereocenters. The first-order valence-corrected chi connectivity index (χ1v) is 6.58. The van der Waals surface area contributed by atoms with Crippen LogP contribution in [0.2, 0.25) is 0 Å². The van der Waals surface area contributed by atoms with Crippen LogP contribution in [0.1, 0.15) is 23.0 Å². The molecule has 0 saturated heterocycles. The van der Waals surface area contributed by atoms with Crippen molar-refractivity contribution in [3.63, 3.8) is 0 Å². The summed E-state index contributed by atoms with van der Waals surface area (Å²) < 4.78 is 2.33. The lowest BCUT2D eigenvalue weighted by Gasteiger charge is -1.92. The first kappa shape index (κ1) is 14.5. The number of hydrogen-bond donors (Lipinski definition) is 1. The van der Waals surface area contributed by atoms with Crippen LogP contribution in [0.5, 0.6) is 0 Å². The van der Waals surface area contributed by atoms with E-state index in [1.54, 1.807) is 6.92 Å². The summed E-state index contributed by atoms with van der Waals surface area (Å²) in [6.07, 6.45) is 0. The lowest BCUT2D eigenvalue weighted by atomic mass is 10.2. The van der Waals surface area contributed by atoms with E-state index >= 15 is 0 Å². The predicted molar refractivity (Wildman–Crippen MR) is 81.6 cm³/mol. The third-order valence-electron chi connectivity index (χ3n) is 2.90. The number of carbonyl (C=O) groups is 1. The Labute approximate surface area is 124 Å². The maximum Gasteiger partial charge on any atom is 0.284 e. The molecule has 104 valence electrons. The van der Waals surface area contributed by atoms with Gasteiger partial charge in [-0.25, -0.2) is 4.98 Å². The molecule has 0 spiro atoms. The maximum atomic E-state index is 12.2. The number of Topliss-reactive ketones (excluding diaryl/α,β-unsaturated/α-hetero) is 1. The van der Waals surface area contributed by atoms with Gasteiger partial charge in [-0.2, -0.15) is 4.68 Å². The highest BCUT2D eigenvalue weighted by atomic mass is 35.5. The molecule has 0 saturated carbocycles. The van der Waals surface area contributed by atoms with Crippen molar-refractivity contribution in [1.29, 1.82) is 0 Å². The van der Waals surface area contributed by atoms with E-state index in [4.69, 9.17) is 0 Å². The summed E-state index contributed by atoms with van der Waals surface area (Å²) in [5.74, 6) is -0.237. The average Bonchev–Trinajstić information content (AvgIpc) is 2.89. The molecule has 20 heavy (non-hydrogen) atoms. The van der Waals surface area contributed by atoms with Gasteiger partial charge in [-0.15, -0.1) is 12.4 Å². The van der Waals surface area contributed by atoms with E-state index in [1.807, 2.05) is 24.3 Å². The van der Waals surface area contributed by atoms with Crippen LogP contribution in [-0.4, -0.2) is 20.5 Å². The predicted octanol–water partition coefficient (Wildman–Crippen LogP) is 2.71. The second-order valence-electron chi connectivity index (χ2n) is 4.27. The minimum atomic E-state index is -0.343. The first-order chi connectivity index (χ1) is 9.08. The van der Waals surface area contributed by atoms with Gasteiger partial charge in [-0.3, -0.25) is 14.7 Å². The summed E-state index contributed by atoms with van der Waals surface area (Å²) in [7, 11) is 0. The van der Waals surface area contributed by atoms with Gasteiger partial charge in [-0.1, -0.05) is 23.5 Å². The van der Waals surface area contributed by atoms with Crippen LogP contribution < -0.4 is 5.56 Å². The third-order valence-corrected chi connectivity index (χ3v) is 3.92. The van der Waals surface area contributed by atoms with E-state index in [2.05, 4.69) is 10.1 Å². The molecular weight excluding hydrogens is 298 g/mol. The topological polar surface area (TPSA) is 67.8 Å². The zero-order valence-electron chi connectivity index (χ0n) is 10.8. The van der Waals surface area contributed by atoms with Crippen molar-refractivity contribution >= 4 is 39.7 Å². The molecule has 0 radical (unpaired) electrons. The first-order valence-electron chi connectivity index (χ1n) is 5.76. The highest BCUT2D eigenvalue weighted by Crippen LogP contribution is 2.23. The van der Waals surface area contributed by atoms with Crippen molar-refractivity contribution in [1.82, 2.24) is 14.8 Å². The second kappa shape index (κ2) is 5.22. The normalized spacial score (nSPS) is 10.5. The molecule has 0 aliphatic carbocycles. The number of carbonyl (C=O) groups excluding carboxylic acids is 1. The van der Waals surface area contributed by atoms with Gasteiger partial charge in [-0.05, 0) is 26.0 Å². The number of hydrogen-bond acceptors (Lipinski definition) is 4. The summed E-state index contributed by atoms with van der Waals surface area (Å²) in [5.41, 5.74) is 1.26. The highest BCUT2D eigenvalue weighted by molar-refractivity contribution is 7.20. The lowest BCUT2D eigenvalue weighted by molar-refractivity contribution is 0.101. The van der Waals surface area contributed by atoms with Gasteiger partial charge in [0.2, 0.25) is 5.13 Å².